The van der Waals surface area contributed by atoms with Crippen LogP contribution in [0.5, 0.6) is 0 Å². The van der Waals surface area contributed by atoms with Gasteiger partial charge in [-0.3, -0.25) is 0 Å². The molecule has 2 aliphatic rings. The van der Waals surface area contributed by atoms with Gasteiger partial charge in [-0.1, -0.05) is 0 Å². The summed E-state index contributed by atoms with van der Waals surface area (Å²) < 4.78 is 0. The van der Waals surface area contributed by atoms with Gasteiger partial charge in [0.05, 0.1) is 26.4 Å². The molecule has 0 bridgehead atoms. The van der Waals surface area contributed by atoms with Crippen LogP contribution >= 0.6 is 0 Å². The molecule has 2 fully saturated rings. The fourth-order valence-electron chi connectivity index (χ4n) is 5.00. The summed E-state index contributed by atoms with van der Waals surface area (Å²) in [5.74, 6) is 2.35. The first-order chi connectivity index (χ1) is 19.1. The molecule has 0 saturated carbocycles. The number of aromatic nitrogens is 4. The number of piperidine rings is 2. The molecule has 2 aromatic rings. The van der Waals surface area contributed by atoms with Crippen LogP contribution in [0.25, 0.3) is 11.0 Å². The molecule has 13 nitrogen and oxygen atoms in total. The summed E-state index contributed by atoms with van der Waals surface area (Å²) in [6.07, 6.45) is 6.61. The number of rotatable bonds is 12. The fraction of sp³-hybridized carbons (Fsp3) is 0.769. The quantitative estimate of drug-likeness (QED) is 0.240. The van der Waals surface area contributed by atoms with Crippen LogP contribution in [-0.4, -0.2) is 131 Å². The van der Waals surface area contributed by atoms with E-state index in [0.717, 1.165) is 63.5 Å². The Kier molecular flexibility index (Phi) is 13.1. The van der Waals surface area contributed by atoms with Crippen molar-refractivity contribution in [3.05, 3.63) is 0 Å². The van der Waals surface area contributed by atoms with Crippen molar-refractivity contribution in [1.82, 2.24) is 19.9 Å². The Bertz CT molecular complexity index is 899. The molecular weight excluding hydrogens is 504 g/mol. The number of aliphatic hydroxyl groups is 5. The average molecular weight is 551 g/mol. The minimum Gasteiger partial charge on any atom is -0.397 e. The molecule has 2 aromatic heterocycles. The van der Waals surface area contributed by atoms with Gasteiger partial charge in [0.2, 0.25) is 11.9 Å². The zero-order valence-corrected chi connectivity index (χ0v) is 23.2. The van der Waals surface area contributed by atoms with E-state index in [1.54, 1.807) is 16.7 Å². The van der Waals surface area contributed by atoms with E-state index in [2.05, 4.69) is 9.80 Å². The molecule has 0 unspecified atom stereocenters. The molecule has 4 rings (SSSR count). The Balaban J connectivity index is 0.00000134. The molecule has 0 amide bonds. The maximum atomic E-state index is 9.64. The van der Waals surface area contributed by atoms with Crippen molar-refractivity contribution in [1.29, 1.82) is 0 Å². The van der Waals surface area contributed by atoms with Crippen molar-refractivity contribution in [2.45, 2.75) is 45.4 Å². The van der Waals surface area contributed by atoms with Crippen LogP contribution in [0.3, 0.4) is 0 Å². The van der Waals surface area contributed by atoms with Crippen molar-refractivity contribution in [2.24, 2.45) is 0 Å². The van der Waals surface area contributed by atoms with E-state index in [0.29, 0.717) is 49.1 Å². The number of fused-ring (bicyclic) bond motifs is 1. The highest BCUT2D eigenvalue weighted by atomic mass is 16.3. The third kappa shape index (κ3) is 8.21. The van der Waals surface area contributed by atoms with Crippen LogP contribution in [0.1, 0.15) is 45.4 Å². The minimum absolute atomic E-state index is 0.0772. The van der Waals surface area contributed by atoms with Crippen LogP contribution in [-0.2, 0) is 0 Å². The van der Waals surface area contributed by atoms with Crippen LogP contribution in [0, 0.1) is 0 Å². The normalized spacial score (nSPS) is 15.7. The summed E-state index contributed by atoms with van der Waals surface area (Å²) in [6, 6.07) is 0. The maximum Gasteiger partial charge on any atom is 0.228 e. The van der Waals surface area contributed by atoms with E-state index in [4.69, 9.17) is 25.0 Å². The van der Waals surface area contributed by atoms with E-state index < -0.39 is 0 Å². The zero-order valence-electron chi connectivity index (χ0n) is 23.2. The Hall–Kier alpha value is -2.58. The molecule has 2 saturated heterocycles. The zero-order chi connectivity index (χ0) is 28.0. The maximum absolute atomic E-state index is 9.64. The number of anilines is 4. The molecule has 220 valence electrons. The Morgan fingerprint density at radius 1 is 0.538 bits per heavy atom. The van der Waals surface area contributed by atoms with Gasteiger partial charge in [0.15, 0.2) is 11.6 Å². The van der Waals surface area contributed by atoms with Gasteiger partial charge in [0, 0.05) is 59.0 Å². The van der Waals surface area contributed by atoms with Gasteiger partial charge in [-0.15, -0.1) is 0 Å². The van der Waals surface area contributed by atoms with Crippen LogP contribution in [0.2, 0.25) is 0 Å². The SMILES string of the molecule is CCO.OCCN(CCO)c1nc(N2CCCCC2)c2nc(N(CCO)CCO)nc(N3CCCCC3)c2n1. The Morgan fingerprint density at radius 3 is 1.13 bits per heavy atom. The second-order valence-corrected chi connectivity index (χ2v) is 9.67. The molecule has 39 heavy (non-hydrogen) atoms. The lowest BCUT2D eigenvalue weighted by atomic mass is 10.1. The highest BCUT2D eigenvalue weighted by Gasteiger charge is 2.27. The predicted molar refractivity (Wildman–Crippen MR) is 153 cm³/mol. The molecule has 13 heteroatoms. The van der Waals surface area contributed by atoms with Gasteiger partial charge < -0.3 is 45.1 Å². The minimum atomic E-state index is -0.0772. The molecular formula is C26H46N8O5. The van der Waals surface area contributed by atoms with Crippen molar-refractivity contribution in [3.8, 4) is 0 Å². The number of nitrogens with zero attached hydrogens (tertiary/aromatic N) is 8. The first kappa shape index (κ1) is 31.0. The molecule has 5 N–H and O–H groups in total. The summed E-state index contributed by atoms with van der Waals surface area (Å²) in [5.41, 5.74) is 1.31. The highest BCUT2D eigenvalue weighted by molar-refractivity contribution is 5.95. The van der Waals surface area contributed by atoms with Crippen LogP contribution in [0.15, 0.2) is 0 Å². The van der Waals surface area contributed by atoms with Crippen molar-refractivity contribution < 1.29 is 25.5 Å². The van der Waals surface area contributed by atoms with E-state index in [9.17, 15) is 20.4 Å². The molecule has 0 spiro atoms. The summed E-state index contributed by atoms with van der Waals surface area (Å²) in [6.45, 7) is 6.31. The lowest BCUT2D eigenvalue weighted by Crippen LogP contribution is -2.36. The van der Waals surface area contributed by atoms with E-state index >= 15 is 0 Å². The topological polar surface area (TPSA) is 166 Å². The van der Waals surface area contributed by atoms with Crippen molar-refractivity contribution >= 4 is 34.6 Å². The first-order valence-corrected chi connectivity index (χ1v) is 14.3. The average Bonchev–Trinajstić information content (AvgIpc) is 2.97. The number of hydrogen-bond donors (Lipinski definition) is 5. The third-order valence-electron chi connectivity index (χ3n) is 6.84. The van der Waals surface area contributed by atoms with Gasteiger partial charge in [0.1, 0.15) is 11.0 Å². The largest absolute Gasteiger partial charge is 0.397 e. The van der Waals surface area contributed by atoms with Crippen molar-refractivity contribution in [3.63, 3.8) is 0 Å². The second kappa shape index (κ2) is 16.5. The molecule has 0 aromatic carbocycles. The van der Waals surface area contributed by atoms with Gasteiger partial charge >= 0.3 is 0 Å². The van der Waals surface area contributed by atoms with Gasteiger partial charge in [-0.05, 0) is 45.4 Å². The fourth-order valence-corrected chi connectivity index (χ4v) is 5.00. The molecule has 0 aliphatic carbocycles. The van der Waals surface area contributed by atoms with E-state index in [1.165, 1.54) is 12.8 Å². The van der Waals surface area contributed by atoms with Crippen molar-refractivity contribution in [2.75, 3.05) is 105 Å². The highest BCUT2D eigenvalue weighted by Crippen LogP contribution is 2.34. The lowest BCUT2D eigenvalue weighted by molar-refractivity contribution is 0.279. The molecule has 0 radical (unpaired) electrons. The third-order valence-corrected chi connectivity index (χ3v) is 6.84. The summed E-state index contributed by atoms with van der Waals surface area (Å²) in [7, 11) is 0. The van der Waals surface area contributed by atoms with Gasteiger partial charge in [-0.25, -0.2) is 9.97 Å². The summed E-state index contributed by atoms with van der Waals surface area (Å²) in [4.78, 5) is 27.8. The lowest BCUT2D eigenvalue weighted by Gasteiger charge is -2.33. The van der Waals surface area contributed by atoms with Gasteiger partial charge in [0.25, 0.3) is 0 Å². The predicted octanol–water partition coefficient (Wildman–Crippen LogP) is -0.0190. The number of hydrogen-bond acceptors (Lipinski definition) is 13. The smallest absolute Gasteiger partial charge is 0.228 e. The standard InChI is InChI=1S/C24H40N8O4.C2H6O/c33-15-11-31(12-16-34)23-26-20-19(21(27-23)29-7-3-1-4-8-29)25-24(32(13-17-35)14-18-36)28-22(20)30-9-5-2-6-10-30;1-2-3/h33-36H,1-18H2;3H,2H2,1H3. The van der Waals surface area contributed by atoms with Gasteiger partial charge in [-0.2, -0.15) is 9.97 Å². The molecule has 2 aliphatic heterocycles. The molecule has 4 heterocycles. The Morgan fingerprint density at radius 2 is 0.846 bits per heavy atom. The monoisotopic (exact) mass is 550 g/mol. The Labute approximate surface area is 230 Å². The van der Waals surface area contributed by atoms with Crippen LogP contribution < -0.4 is 19.6 Å². The second-order valence-electron chi connectivity index (χ2n) is 9.67. The number of aliphatic hydroxyl groups excluding tert-OH is 5. The summed E-state index contributed by atoms with van der Waals surface area (Å²) >= 11 is 0. The van der Waals surface area contributed by atoms with Crippen LogP contribution in [0.4, 0.5) is 23.5 Å². The molecule has 0 atom stereocenters. The van der Waals surface area contributed by atoms with E-state index in [-0.39, 0.29) is 33.0 Å². The van der Waals surface area contributed by atoms with E-state index in [1.807, 2.05) is 0 Å². The summed E-state index contributed by atoms with van der Waals surface area (Å²) in [5, 5.41) is 46.1. The first-order valence-electron chi connectivity index (χ1n) is 14.3.